The molecule has 2 aliphatic rings. The van der Waals surface area contributed by atoms with Gasteiger partial charge >= 0.3 is 0 Å². The maximum absolute atomic E-state index is 5.60. The molecule has 2 aromatic rings. The first-order valence-corrected chi connectivity index (χ1v) is 9.18. The molecule has 2 aliphatic heterocycles. The summed E-state index contributed by atoms with van der Waals surface area (Å²) in [6, 6.07) is 16.6. The number of likely N-dealkylation sites (tertiary alicyclic amines) is 1. The van der Waals surface area contributed by atoms with E-state index in [-0.39, 0.29) is 6.79 Å². The summed E-state index contributed by atoms with van der Waals surface area (Å²) in [5.74, 6) is 2.31. The van der Waals surface area contributed by atoms with Gasteiger partial charge in [0.1, 0.15) is 0 Å². The number of nitrogens with one attached hydrogen (secondary N) is 1. The lowest BCUT2D eigenvalue weighted by molar-refractivity contribution is 0.174. The number of hydrogen-bond donors (Lipinski definition) is 1. The summed E-state index contributed by atoms with van der Waals surface area (Å²) >= 11 is 5.60. The van der Waals surface area contributed by atoms with Crippen molar-refractivity contribution in [3.8, 4) is 11.5 Å². The second-order valence-corrected chi connectivity index (χ2v) is 7.01. The van der Waals surface area contributed by atoms with Crippen molar-refractivity contribution in [2.24, 2.45) is 5.92 Å². The summed E-state index contributed by atoms with van der Waals surface area (Å²) in [6.45, 7) is 2.31. The Morgan fingerprint density at radius 3 is 2.60 bits per heavy atom. The molecule has 0 radical (unpaired) electrons. The van der Waals surface area contributed by atoms with Gasteiger partial charge < -0.3 is 19.7 Å². The molecule has 1 N–H and O–H groups in total. The number of ether oxygens (including phenoxy) is 2. The highest BCUT2D eigenvalue weighted by molar-refractivity contribution is 7.80. The van der Waals surface area contributed by atoms with Crippen LogP contribution in [0.15, 0.2) is 48.5 Å². The Kier molecular flexibility index (Phi) is 4.74. The van der Waals surface area contributed by atoms with Crippen molar-refractivity contribution >= 4 is 23.0 Å². The van der Waals surface area contributed by atoms with Gasteiger partial charge in [-0.1, -0.05) is 30.3 Å². The molecule has 2 heterocycles. The molecule has 1 fully saturated rings. The monoisotopic (exact) mass is 354 g/mol. The van der Waals surface area contributed by atoms with E-state index in [4.69, 9.17) is 21.7 Å². The van der Waals surface area contributed by atoms with E-state index in [1.807, 2.05) is 18.2 Å². The Hall–Kier alpha value is -2.27. The third kappa shape index (κ3) is 3.87. The van der Waals surface area contributed by atoms with Crippen molar-refractivity contribution in [3.63, 3.8) is 0 Å². The van der Waals surface area contributed by atoms with Crippen molar-refractivity contribution in [3.05, 3.63) is 54.1 Å². The molecule has 25 heavy (non-hydrogen) atoms. The minimum atomic E-state index is 0.290. The van der Waals surface area contributed by atoms with Crippen LogP contribution >= 0.6 is 12.2 Å². The number of thiocarbonyl (C=S) groups is 1. The predicted octanol–water partition coefficient (Wildman–Crippen LogP) is 4.07. The van der Waals surface area contributed by atoms with Gasteiger partial charge in [-0.2, -0.15) is 0 Å². The zero-order chi connectivity index (χ0) is 17.1. The molecule has 0 spiro atoms. The zero-order valence-corrected chi connectivity index (χ0v) is 14.9. The Bertz CT molecular complexity index is 743. The third-order valence-electron chi connectivity index (χ3n) is 4.89. The lowest BCUT2D eigenvalue weighted by Crippen LogP contribution is -2.41. The molecule has 0 atom stereocenters. The second-order valence-electron chi connectivity index (χ2n) is 6.62. The lowest BCUT2D eigenvalue weighted by atomic mass is 9.90. The van der Waals surface area contributed by atoms with Gasteiger partial charge in [-0.15, -0.1) is 0 Å². The smallest absolute Gasteiger partial charge is 0.231 e. The van der Waals surface area contributed by atoms with Crippen molar-refractivity contribution in [1.29, 1.82) is 0 Å². The van der Waals surface area contributed by atoms with Gasteiger partial charge in [-0.25, -0.2) is 0 Å². The Labute approximate surface area is 153 Å². The van der Waals surface area contributed by atoms with E-state index < -0.39 is 0 Å². The van der Waals surface area contributed by atoms with Crippen LogP contribution in [0.2, 0.25) is 0 Å². The maximum atomic E-state index is 5.60. The quantitative estimate of drug-likeness (QED) is 0.841. The molecule has 0 aromatic heterocycles. The number of nitrogens with zero attached hydrogens (tertiary/aromatic N) is 1. The van der Waals surface area contributed by atoms with E-state index in [2.05, 4.69) is 40.5 Å². The van der Waals surface area contributed by atoms with Crippen LogP contribution in [0, 0.1) is 5.92 Å². The summed E-state index contributed by atoms with van der Waals surface area (Å²) in [7, 11) is 0. The number of hydrogen-bond acceptors (Lipinski definition) is 3. The van der Waals surface area contributed by atoms with Crippen LogP contribution in [-0.4, -0.2) is 29.9 Å². The Morgan fingerprint density at radius 2 is 1.80 bits per heavy atom. The highest BCUT2D eigenvalue weighted by Gasteiger charge is 2.21. The minimum Gasteiger partial charge on any atom is -0.454 e. The van der Waals surface area contributed by atoms with Gasteiger partial charge in [-0.05, 0) is 55.1 Å². The molecule has 4 rings (SSSR count). The molecule has 130 valence electrons. The standard InChI is InChI=1S/C20H22N2O2S/c25-20(21-17-6-7-18-19(13-17)24-14-23-18)22-10-8-16(9-11-22)12-15-4-2-1-3-5-15/h1-7,13,16H,8-12,14H2,(H,21,25). The van der Waals surface area contributed by atoms with Gasteiger partial charge in [0.15, 0.2) is 16.6 Å². The van der Waals surface area contributed by atoms with E-state index in [1.54, 1.807) is 0 Å². The van der Waals surface area contributed by atoms with Crippen LogP contribution in [0.25, 0.3) is 0 Å². The summed E-state index contributed by atoms with van der Waals surface area (Å²) in [5.41, 5.74) is 2.38. The Morgan fingerprint density at radius 1 is 1.04 bits per heavy atom. The molecule has 2 aromatic carbocycles. The van der Waals surface area contributed by atoms with Gasteiger partial charge in [0.2, 0.25) is 6.79 Å². The van der Waals surface area contributed by atoms with E-state index in [1.165, 1.54) is 18.4 Å². The molecule has 0 unspecified atom stereocenters. The molecule has 0 bridgehead atoms. The molecular weight excluding hydrogens is 332 g/mol. The summed E-state index contributed by atoms with van der Waals surface area (Å²) in [5, 5.41) is 4.12. The van der Waals surface area contributed by atoms with Crippen LogP contribution in [-0.2, 0) is 6.42 Å². The number of anilines is 1. The van der Waals surface area contributed by atoms with Gasteiger partial charge in [0.25, 0.3) is 0 Å². The van der Waals surface area contributed by atoms with E-state index in [9.17, 15) is 0 Å². The fourth-order valence-corrected chi connectivity index (χ4v) is 3.76. The van der Waals surface area contributed by atoms with Crippen LogP contribution in [0.1, 0.15) is 18.4 Å². The first-order valence-electron chi connectivity index (χ1n) is 8.77. The minimum absolute atomic E-state index is 0.290. The molecule has 5 heteroatoms. The topological polar surface area (TPSA) is 33.7 Å². The average Bonchev–Trinajstić information content (AvgIpc) is 3.11. The van der Waals surface area contributed by atoms with Crippen LogP contribution < -0.4 is 14.8 Å². The van der Waals surface area contributed by atoms with Crippen molar-refractivity contribution in [1.82, 2.24) is 4.90 Å². The van der Waals surface area contributed by atoms with Crippen molar-refractivity contribution < 1.29 is 9.47 Å². The number of fused-ring (bicyclic) bond motifs is 1. The first-order chi connectivity index (χ1) is 12.3. The normalized spacial score (nSPS) is 16.7. The zero-order valence-electron chi connectivity index (χ0n) is 14.1. The first kappa shape index (κ1) is 16.2. The highest BCUT2D eigenvalue weighted by Crippen LogP contribution is 2.34. The molecule has 0 amide bonds. The Balaban J connectivity index is 1.29. The molecule has 1 saturated heterocycles. The van der Waals surface area contributed by atoms with Crippen LogP contribution in [0.4, 0.5) is 5.69 Å². The third-order valence-corrected chi connectivity index (χ3v) is 5.25. The SMILES string of the molecule is S=C(Nc1ccc2c(c1)OCO2)N1CCC(Cc2ccccc2)CC1. The number of benzene rings is 2. The summed E-state index contributed by atoms with van der Waals surface area (Å²) in [6.07, 6.45) is 3.52. The van der Waals surface area contributed by atoms with Crippen molar-refractivity contribution in [2.45, 2.75) is 19.3 Å². The lowest BCUT2D eigenvalue weighted by Gasteiger charge is -2.34. The fraction of sp³-hybridized carbons (Fsp3) is 0.350. The molecule has 0 saturated carbocycles. The van der Waals surface area contributed by atoms with Crippen LogP contribution in [0.5, 0.6) is 11.5 Å². The van der Waals surface area contributed by atoms with Gasteiger partial charge in [0.05, 0.1) is 0 Å². The van der Waals surface area contributed by atoms with Crippen molar-refractivity contribution in [2.75, 3.05) is 25.2 Å². The predicted molar refractivity (Wildman–Crippen MR) is 103 cm³/mol. The molecule has 0 aliphatic carbocycles. The second kappa shape index (κ2) is 7.31. The van der Waals surface area contributed by atoms with E-state index >= 15 is 0 Å². The van der Waals surface area contributed by atoms with Gasteiger partial charge in [0, 0.05) is 24.8 Å². The highest BCUT2D eigenvalue weighted by atomic mass is 32.1. The van der Waals surface area contributed by atoms with Gasteiger partial charge in [-0.3, -0.25) is 0 Å². The van der Waals surface area contributed by atoms with E-state index in [0.29, 0.717) is 0 Å². The fourth-order valence-electron chi connectivity index (χ4n) is 3.46. The molecule has 4 nitrogen and oxygen atoms in total. The number of piperidine rings is 1. The molecular formula is C20H22N2O2S. The summed E-state index contributed by atoms with van der Waals surface area (Å²) in [4.78, 5) is 2.27. The number of rotatable bonds is 3. The average molecular weight is 354 g/mol. The maximum Gasteiger partial charge on any atom is 0.231 e. The largest absolute Gasteiger partial charge is 0.454 e. The van der Waals surface area contributed by atoms with Crippen LogP contribution in [0.3, 0.4) is 0 Å². The summed E-state index contributed by atoms with van der Waals surface area (Å²) < 4.78 is 10.8. The van der Waals surface area contributed by atoms with E-state index in [0.717, 1.165) is 47.7 Å².